The van der Waals surface area contributed by atoms with E-state index in [1.807, 2.05) is 31.2 Å². The van der Waals surface area contributed by atoms with Crippen molar-refractivity contribution in [3.05, 3.63) is 87.9 Å². The van der Waals surface area contributed by atoms with Gasteiger partial charge < -0.3 is 10.1 Å². The highest BCUT2D eigenvalue weighted by Gasteiger charge is 2.14. The van der Waals surface area contributed by atoms with E-state index in [2.05, 4.69) is 47.8 Å². The summed E-state index contributed by atoms with van der Waals surface area (Å²) in [6.45, 7) is 1.97. The average Bonchev–Trinajstić information content (AvgIpc) is 3.07. The van der Waals surface area contributed by atoms with E-state index in [-0.39, 0.29) is 5.91 Å². The number of benzene rings is 3. The molecule has 1 heterocycles. The van der Waals surface area contributed by atoms with Crippen LogP contribution in [0.3, 0.4) is 0 Å². The zero-order valence-corrected chi connectivity index (χ0v) is 17.3. The number of hydrogen-bond donors (Lipinski definition) is 1. The number of methoxy groups -OCH3 is 1. The average molecular weight is 403 g/mol. The lowest BCUT2D eigenvalue weighted by Crippen LogP contribution is -2.14. The van der Waals surface area contributed by atoms with Gasteiger partial charge >= 0.3 is 0 Å². The summed E-state index contributed by atoms with van der Waals surface area (Å²) in [4.78, 5) is 18.3. The van der Waals surface area contributed by atoms with Crippen LogP contribution < -0.4 is 10.1 Å². The second-order valence-corrected chi connectivity index (χ2v) is 8.02. The van der Waals surface area contributed by atoms with Gasteiger partial charge in [-0.2, -0.15) is 0 Å². The smallest absolute Gasteiger partial charge is 0.229 e. The molecule has 0 aliphatic rings. The molecule has 0 radical (unpaired) electrons. The number of carbonyl (C=O) groups excluding carboxylic acids is 1. The van der Waals surface area contributed by atoms with Crippen molar-refractivity contribution in [1.29, 1.82) is 0 Å². The van der Waals surface area contributed by atoms with Crippen LogP contribution in [0.2, 0.25) is 0 Å². The second kappa shape index (κ2) is 8.45. The van der Waals surface area contributed by atoms with Gasteiger partial charge in [-0.25, -0.2) is 4.98 Å². The minimum Gasteiger partial charge on any atom is -0.495 e. The van der Waals surface area contributed by atoms with E-state index in [4.69, 9.17) is 9.72 Å². The number of aromatic nitrogens is 1. The summed E-state index contributed by atoms with van der Waals surface area (Å²) in [5, 5.41) is 6.44. The predicted octanol–water partition coefficient (Wildman–Crippen LogP) is 5.39. The quantitative estimate of drug-likeness (QED) is 0.471. The topological polar surface area (TPSA) is 51.2 Å². The molecule has 0 atom stereocenters. The first-order chi connectivity index (χ1) is 14.1. The molecular formula is C24H22N2O2S. The van der Waals surface area contributed by atoms with Crippen LogP contribution in [0.25, 0.3) is 10.8 Å². The van der Waals surface area contributed by atoms with Crippen molar-refractivity contribution in [1.82, 2.24) is 4.98 Å². The van der Waals surface area contributed by atoms with Crippen molar-refractivity contribution in [2.24, 2.45) is 0 Å². The fourth-order valence-electron chi connectivity index (χ4n) is 3.43. The van der Waals surface area contributed by atoms with Gasteiger partial charge in [0.25, 0.3) is 0 Å². The number of ether oxygens (including phenoxy) is 1. The Hall–Kier alpha value is -3.18. The summed E-state index contributed by atoms with van der Waals surface area (Å²) in [6, 6.07) is 22.2. The van der Waals surface area contributed by atoms with Crippen LogP contribution in [-0.4, -0.2) is 18.0 Å². The van der Waals surface area contributed by atoms with E-state index in [1.165, 1.54) is 16.3 Å². The lowest BCUT2D eigenvalue weighted by atomic mass is 10.0. The van der Waals surface area contributed by atoms with Crippen molar-refractivity contribution >= 4 is 33.7 Å². The SMILES string of the molecule is COc1ccccc1NC(=O)Cc1sc(Cc2cccc3ccccc23)nc1C. The van der Waals surface area contributed by atoms with Gasteiger partial charge in [0, 0.05) is 11.3 Å². The molecule has 1 N–H and O–H groups in total. The molecule has 4 nitrogen and oxygen atoms in total. The molecule has 4 aromatic rings. The molecule has 0 spiro atoms. The summed E-state index contributed by atoms with van der Waals surface area (Å²) in [6.07, 6.45) is 1.07. The second-order valence-electron chi connectivity index (χ2n) is 6.86. The number of aryl methyl sites for hydroxylation is 1. The molecule has 0 aliphatic heterocycles. The standard InChI is InChI=1S/C24H22N2O2S/c1-16-22(15-23(27)26-20-12-5-6-13-21(20)28-2)29-24(25-16)14-18-10-7-9-17-8-3-4-11-19(17)18/h3-13H,14-15H2,1-2H3,(H,26,27). The maximum Gasteiger partial charge on any atom is 0.229 e. The number of hydrogen-bond acceptors (Lipinski definition) is 4. The van der Waals surface area contributed by atoms with Gasteiger partial charge in [-0.15, -0.1) is 11.3 Å². The van der Waals surface area contributed by atoms with E-state index < -0.39 is 0 Å². The Kier molecular flexibility index (Phi) is 5.58. The van der Waals surface area contributed by atoms with Crippen molar-refractivity contribution in [3.63, 3.8) is 0 Å². The van der Waals surface area contributed by atoms with Crippen LogP contribution in [-0.2, 0) is 17.6 Å². The van der Waals surface area contributed by atoms with Gasteiger partial charge in [0.1, 0.15) is 5.75 Å². The fraction of sp³-hybridized carbons (Fsp3) is 0.167. The fourth-order valence-corrected chi connectivity index (χ4v) is 4.52. The number of fused-ring (bicyclic) bond motifs is 1. The summed E-state index contributed by atoms with van der Waals surface area (Å²) in [5.74, 6) is 0.580. The minimum absolute atomic E-state index is 0.0713. The molecule has 5 heteroatoms. The molecule has 0 saturated carbocycles. The molecular weight excluding hydrogens is 380 g/mol. The first-order valence-electron chi connectivity index (χ1n) is 9.48. The van der Waals surface area contributed by atoms with E-state index in [9.17, 15) is 4.79 Å². The number of rotatable bonds is 6. The van der Waals surface area contributed by atoms with Crippen molar-refractivity contribution in [3.8, 4) is 5.75 Å². The highest BCUT2D eigenvalue weighted by atomic mass is 32.1. The number of nitrogens with zero attached hydrogens (tertiary/aromatic N) is 1. The van der Waals surface area contributed by atoms with Gasteiger partial charge in [0.15, 0.2) is 0 Å². The first-order valence-corrected chi connectivity index (χ1v) is 10.3. The minimum atomic E-state index is -0.0713. The van der Waals surface area contributed by atoms with Crippen LogP contribution in [0.1, 0.15) is 21.1 Å². The molecule has 4 rings (SSSR count). The zero-order chi connectivity index (χ0) is 20.2. The normalized spacial score (nSPS) is 10.8. The number of anilines is 1. The van der Waals surface area contributed by atoms with E-state index in [1.54, 1.807) is 18.4 Å². The molecule has 0 bridgehead atoms. The number of amides is 1. The van der Waals surface area contributed by atoms with Crippen LogP contribution >= 0.6 is 11.3 Å². The molecule has 0 saturated heterocycles. The van der Waals surface area contributed by atoms with E-state index >= 15 is 0 Å². The number of carbonyl (C=O) groups is 1. The molecule has 0 aliphatic carbocycles. The molecule has 146 valence electrons. The van der Waals surface area contributed by atoms with Gasteiger partial charge in [-0.1, -0.05) is 54.6 Å². The Bertz CT molecular complexity index is 1160. The van der Waals surface area contributed by atoms with Crippen LogP contribution in [0.4, 0.5) is 5.69 Å². The van der Waals surface area contributed by atoms with Crippen molar-refractivity contribution < 1.29 is 9.53 Å². The zero-order valence-electron chi connectivity index (χ0n) is 16.4. The highest BCUT2D eigenvalue weighted by molar-refractivity contribution is 7.11. The van der Waals surface area contributed by atoms with E-state index in [0.717, 1.165) is 22.0 Å². The summed E-state index contributed by atoms with van der Waals surface area (Å²) in [7, 11) is 1.60. The Morgan fingerprint density at radius 2 is 1.79 bits per heavy atom. The Labute approximate surface area is 174 Å². The highest BCUT2D eigenvalue weighted by Crippen LogP contribution is 2.27. The Morgan fingerprint density at radius 1 is 1.03 bits per heavy atom. The number of nitrogens with one attached hydrogen (secondary N) is 1. The molecule has 1 aromatic heterocycles. The van der Waals surface area contributed by atoms with Gasteiger partial charge in [-0.05, 0) is 35.4 Å². The summed E-state index contributed by atoms with van der Waals surface area (Å²) in [5.41, 5.74) is 2.85. The Balaban J connectivity index is 1.50. The molecule has 0 unspecified atom stereocenters. The van der Waals surface area contributed by atoms with Crippen LogP contribution in [0, 0.1) is 6.92 Å². The Morgan fingerprint density at radius 3 is 2.66 bits per heavy atom. The lowest BCUT2D eigenvalue weighted by molar-refractivity contribution is -0.115. The maximum atomic E-state index is 12.6. The predicted molar refractivity (Wildman–Crippen MR) is 119 cm³/mol. The van der Waals surface area contributed by atoms with Gasteiger partial charge in [-0.3, -0.25) is 4.79 Å². The number of thiazole rings is 1. The molecule has 0 fully saturated rings. The van der Waals surface area contributed by atoms with Crippen LogP contribution in [0.5, 0.6) is 5.75 Å². The summed E-state index contributed by atoms with van der Waals surface area (Å²) >= 11 is 1.61. The van der Waals surface area contributed by atoms with Gasteiger partial charge in [0.2, 0.25) is 5.91 Å². The van der Waals surface area contributed by atoms with E-state index in [0.29, 0.717) is 17.9 Å². The third kappa shape index (κ3) is 4.30. The van der Waals surface area contributed by atoms with Gasteiger partial charge in [0.05, 0.1) is 29.9 Å². The molecule has 1 amide bonds. The third-order valence-corrected chi connectivity index (χ3v) is 6.02. The first kappa shape index (κ1) is 19.2. The number of para-hydroxylation sites is 2. The van der Waals surface area contributed by atoms with Crippen molar-refractivity contribution in [2.45, 2.75) is 19.8 Å². The third-order valence-electron chi connectivity index (χ3n) is 4.86. The largest absolute Gasteiger partial charge is 0.495 e. The lowest BCUT2D eigenvalue weighted by Gasteiger charge is -2.09. The van der Waals surface area contributed by atoms with Crippen molar-refractivity contribution in [2.75, 3.05) is 12.4 Å². The van der Waals surface area contributed by atoms with Crippen LogP contribution in [0.15, 0.2) is 66.7 Å². The monoisotopic (exact) mass is 402 g/mol. The summed E-state index contributed by atoms with van der Waals surface area (Å²) < 4.78 is 5.30. The molecule has 29 heavy (non-hydrogen) atoms. The molecule has 3 aromatic carbocycles. The maximum absolute atomic E-state index is 12.6.